The lowest BCUT2D eigenvalue weighted by atomic mass is 10.0. The fraction of sp³-hybridized carbons (Fsp3) is 0.0870. The number of para-hydroxylation sites is 2. The van der Waals surface area contributed by atoms with E-state index in [0.29, 0.717) is 11.1 Å². The highest BCUT2D eigenvalue weighted by Crippen LogP contribution is 2.31. The summed E-state index contributed by atoms with van der Waals surface area (Å²) in [6, 6.07) is 21.6. The maximum absolute atomic E-state index is 13.2. The predicted molar refractivity (Wildman–Crippen MR) is 114 cm³/mol. The van der Waals surface area contributed by atoms with Crippen molar-refractivity contribution in [2.45, 2.75) is 13.1 Å². The Balaban J connectivity index is 1.76. The monoisotopic (exact) mass is 385 g/mol. The number of amides is 1. The normalized spacial score (nSPS) is 15.8. The average molecular weight is 385 g/mol. The number of nitro groups is 1. The Labute approximate surface area is 168 Å². The van der Waals surface area contributed by atoms with Crippen LogP contribution in [0, 0.1) is 17.0 Å². The van der Waals surface area contributed by atoms with Crippen molar-refractivity contribution < 1.29 is 9.72 Å². The molecule has 1 heterocycles. The molecule has 1 N–H and O–H groups in total. The Bertz CT molecular complexity index is 1110. The van der Waals surface area contributed by atoms with Crippen LogP contribution < -0.4 is 10.2 Å². The molecule has 6 nitrogen and oxygen atoms in total. The van der Waals surface area contributed by atoms with Gasteiger partial charge in [-0.2, -0.15) is 0 Å². The fourth-order valence-corrected chi connectivity index (χ4v) is 3.38. The molecule has 1 aliphatic rings. The molecule has 0 aliphatic carbocycles. The van der Waals surface area contributed by atoms with Gasteiger partial charge in [0, 0.05) is 17.4 Å². The van der Waals surface area contributed by atoms with Gasteiger partial charge in [0.1, 0.15) is 6.17 Å². The Morgan fingerprint density at radius 3 is 2.45 bits per heavy atom. The first-order valence-electron chi connectivity index (χ1n) is 9.22. The number of anilines is 2. The maximum Gasteiger partial charge on any atom is 0.276 e. The number of carbonyl (C=O) groups excluding carboxylic acids is 1. The lowest BCUT2D eigenvalue weighted by molar-refractivity contribution is -0.385. The number of nitrogens with one attached hydrogen (secondary N) is 1. The van der Waals surface area contributed by atoms with Crippen LogP contribution in [-0.4, -0.2) is 17.0 Å². The number of benzene rings is 3. The van der Waals surface area contributed by atoms with Crippen LogP contribution >= 0.6 is 0 Å². The second kappa shape index (κ2) is 7.59. The third-order valence-corrected chi connectivity index (χ3v) is 4.86. The molecule has 29 heavy (non-hydrogen) atoms. The van der Waals surface area contributed by atoms with Gasteiger partial charge in [0.15, 0.2) is 0 Å². The molecule has 0 aromatic heterocycles. The highest BCUT2D eigenvalue weighted by Gasteiger charge is 2.31. The van der Waals surface area contributed by atoms with E-state index in [2.05, 4.69) is 5.32 Å². The van der Waals surface area contributed by atoms with Crippen molar-refractivity contribution in [1.29, 1.82) is 0 Å². The minimum Gasteiger partial charge on any atom is -0.361 e. The van der Waals surface area contributed by atoms with Gasteiger partial charge in [-0.25, -0.2) is 0 Å². The van der Waals surface area contributed by atoms with Crippen molar-refractivity contribution in [3.8, 4) is 0 Å². The first-order valence-corrected chi connectivity index (χ1v) is 9.22. The Hall–Kier alpha value is -3.93. The van der Waals surface area contributed by atoms with Crippen LogP contribution in [0.1, 0.15) is 21.5 Å². The van der Waals surface area contributed by atoms with Crippen molar-refractivity contribution in [3.05, 3.63) is 106 Å². The minimum atomic E-state index is -0.486. The van der Waals surface area contributed by atoms with Gasteiger partial charge in [-0.05, 0) is 49.4 Å². The van der Waals surface area contributed by atoms with Crippen molar-refractivity contribution in [1.82, 2.24) is 0 Å². The van der Waals surface area contributed by atoms with Crippen LogP contribution in [0.25, 0.3) is 6.08 Å². The van der Waals surface area contributed by atoms with E-state index >= 15 is 0 Å². The van der Waals surface area contributed by atoms with Gasteiger partial charge < -0.3 is 5.32 Å². The summed E-state index contributed by atoms with van der Waals surface area (Å²) in [5.74, 6) is -0.125. The zero-order chi connectivity index (χ0) is 20.4. The minimum absolute atomic E-state index is 0.0215. The summed E-state index contributed by atoms with van der Waals surface area (Å²) in [6.07, 6.45) is 2.97. The Morgan fingerprint density at radius 1 is 1.00 bits per heavy atom. The molecule has 1 aliphatic heterocycles. The fourth-order valence-electron chi connectivity index (χ4n) is 3.38. The van der Waals surface area contributed by atoms with Crippen LogP contribution in [0.3, 0.4) is 0 Å². The van der Waals surface area contributed by atoms with Gasteiger partial charge in [-0.3, -0.25) is 19.8 Å². The van der Waals surface area contributed by atoms with Crippen LogP contribution in [0.5, 0.6) is 0 Å². The number of aryl methyl sites for hydroxylation is 1. The summed E-state index contributed by atoms with van der Waals surface area (Å²) < 4.78 is 0. The SMILES string of the molecule is Cc1ccc(N2C(=O)c3ccccc3N[C@H]2/C=C\c2ccccc2[N+](=O)[O-])cc1. The summed E-state index contributed by atoms with van der Waals surface area (Å²) in [5.41, 5.74) is 3.67. The van der Waals surface area contributed by atoms with Crippen LogP contribution in [-0.2, 0) is 0 Å². The highest BCUT2D eigenvalue weighted by atomic mass is 16.6. The number of carbonyl (C=O) groups is 1. The Morgan fingerprint density at radius 2 is 1.69 bits per heavy atom. The van der Waals surface area contributed by atoms with Crippen LogP contribution in [0.2, 0.25) is 0 Å². The largest absolute Gasteiger partial charge is 0.361 e. The molecule has 1 atom stereocenters. The molecule has 3 aromatic rings. The van der Waals surface area contributed by atoms with E-state index in [1.807, 2.05) is 49.4 Å². The van der Waals surface area contributed by atoms with Gasteiger partial charge in [-0.15, -0.1) is 0 Å². The number of fused-ring (bicyclic) bond motifs is 1. The molecule has 144 valence electrons. The van der Waals surface area contributed by atoms with Crippen LogP contribution in [0.4, 0.5) is 17.1 Å². The Kier molecular flexibility index (Phi) is 4.83. The molecule has 1 amide bonds. The summed E-state index contributed by atoms with van der Waals surface area (Å²) in [6.45, 7) is 1.99. The second-order valence-electron chi connectivity index (χ2n) is 6.82. The van der Waals surface area contributed by atoms with Gasteiger partial charge >= 0.3 is 0 Å². The summed E-state index contributed by atoms with van der Waals surface area (Å²) in [4.78, 5) is 25.8. The molecule has 0 unspecified atom stereocenters. The average Bonchev–Trinajstić information content (AvgIpc) is 2.73. The summed E-state index contributed by atoms with van der Waals surface area (Å²) in [5, 5.41) is 14.7. The zero-order valence-corrected chi connectivity index (χ0v) is 15.8. The number of nitrogens with zero attached hydrogens (tertiary/aromatic N) is 2. The molecule has 4 rings (SSSR count). The quantitative estimate of drug-likeness (QED) is 0.506. The van der Waals surface area contributed by atoms with Gasteiger partial charge in [0.25, 0.3) is 11.6 Å². The number of rotatable bonds is 4. The van der Waals surface area contributed by atoms with E-state index < -0.39 is 11.1 Å². The molecule has 0 saturated heterocycles. The van der Waals surface area contributed by atoms with Crippen molar-refractivity contribution in [2.24, 2.45) is 0 Å². The predicted octanol–water partition coefficient (Wildman–Crippen LogP) is 5.02. The first kappa shape index (κ1) is 18.4. The van der Waals surface area contributed by atoms with E-state index in [1.165, 1.54) is 6.07 Å². The van der Waals surface area contributed by atoms with Crippen molar-refractivity contribution in [2.75, 3.05) is 10.2 Å². The molecular formula is C23H19N3O3. The second-order valence-corrected chi connectivity index (χ2v) is 6.82. The number of hydrogen-bond acceptors (Lipinski definition) is 4. The molecule has 3 aromatic carbocycles. The lowest BCUT2D eigenvalue weighted by Crippen LogP contribution is -2.48. The van der Waals surface area contributed by atoms with Gasteiger partial charge in [0.2, 0.25) is 0 Å². The maximum atomic E-state index is 13.2. The molecule has 0 spiro atoms. The molecule has 0 radical (unpaired) electrons. The molecule has 0 saturated carbocycles. The van der Waals surface area contributed by atoms with E-state index in [9.17, 15) is 14.9 Å². The van der Waals surface area contributed by atoms with Crippen molar-refractivity contribution in [3.63, 3.8) is 0 Å². The molecule has 0 bridgehead atoms. The first-order chi connectivity index (χ1) is 14.0. The summed E-state index contributed by atoms with van der Waals surface area (Å²) in [7, 11) is 0. The summed E-state index contributed by atoms with van der Waals surface area (Å²) >= 11 is 0. The van der Waals surface area contributed by atoms with Gasteiger partial charge in [0.05, 0.1) is 16.1 Å². The third-order valence-electron chi connectivity index (χ3n) is 4.86. The van der Waals surface area contributed by atoms with E-state index in [0.717, 1.165) is 16.9 Å². The standard InChI is InChI=1S/C23H19N3O3/c1-16-10-13-18(14-11-16)25-22(24-20-8-4-3-7-19(20)23(25)27)15-12-17-6-2-5-9-21(17)26(28)29/h2-15,22,24H,1H3/b15-12-/t22-/m1/s1. The topological polar surface area (TPSA) is 75.5 Å². The molecule has 6 heteroatoms. The smallest absolute Gasteiger partial charge is 0.276 e. The van der Waals surface area contributed by atoms with Crippen molar-refractivity contribution >= 4 is 29.0 Å². The lowest BCUT2D eigenvalue weighted by Gasteiger charge is -2.36. The van der Waals surface area contributed by atoms with Crippen LogP contribution in [0.15, 0.2) is 78.9 Å². The molecule has 0 fully saturated rings. The molecular weight excluding hydrogens is 366 g/mol. The number of hydrogen-bond donors (Lipinski definition) is 1. The van der Waals surface area contributed by atoms with E-state index in [1.54, 1.807) is 41.3 Å². The number of nitro benzene ring substituents is 1. The zero-order valence-electron chi connectivity index (χ0n) is 15.8. The van der Waals surface area contributed by atoms with Gasteiger partial charge in [-0.1, -0.05) is 42.0 Å². The third kappa shape index (κ3) is 3.60. The van der Waals surface area contributed by atoms with E-state index in [-0.39, 0.29) is 11.6 Å². The highest BCUT2D eigenvalue weighted by molar-refractivity contribution is 6.12. The van der Waals surface area contributed by atoms with E-state index in [4.69, 9.17) is 0 Å².